The molecule has 0 saturated carbocycles. The van der Waals surface area contributed by atoms with Gasteiger partial charge >= 0.3 is 0 Å². The molecule has 1 unspecified atom stereocenters. The molecule has 15 heavy (non-hydrogen) atoms. The molecule has 1 aromatic rings. The first kappa shape index (κ1) is 10.0. The zero-order chi connectivity index (χ0) is 10.7. The Morgan fingerprint density at radius 1 is 1.40 bits per heavy atom. The molecule has 0 N–H and O–H groups in total. The highest BCUT2D eigenvalue weighted by Crippen LogP contribution is 2.33. The summed E-state index contributed by atoms with van der Waals surface area (Å²) in [6.45, 7) is 2.38. The monoisotopic (exact) mass is 206 g/mol. The van der Waals surface area contributed by atoms with Gasteiger partial charge in [-0.25, -0.2) is 0 Å². The van der Waals surface area contributed by atoms with E-state index in [0.717, 1.165) is 24.2 Å². The van der Waals surface area contributed by atoms with Gasteiger partial charge in [0, 0.05) is 6.42 Å². The van der Waals surface area contributed by atoms with E-state index in [2.05, 4.69) is 6.92 Å². The van der Waals surface area contributed by atoms with Crippen molar-refractivity contribution in [3.05, 3.63) is 23.8 Å². The first-order chi connectivity index (χ1) is 7.29. The van der Waals surface area contributed by atoms with E-state index in [1.54, 1.807) is 0 Å². The molecule has 0 aliphatic carbocycles. The Morgan fingerprint density at radius 2 is 2.20 bits per heavy atom. The molecule has 0 fully saturated rings. The Balaban J connectivity index is 2.06. The topological polar surface area (TPSA) is 35.5 Å². The lowest BCUT2D eigenvalue weighted by atomic mass is 9.98. The summed E-state index contributed by atoms with van der Waals surface area (Å²) in [5, 5.41) is 0. The molecule has 80 valence electrons. The molecule has 3 heteroatoms. The largest absolute Gasteiger partial charge is 0.454 e. The van der Waals surface area contributed by atoms with Gasteiger partial charge in [0.25, 0.3) is 0 Å². The predicted molar refractivity (Wildman–Crippen MR) is 56.1 cm³/mol. The average Bonchev–Trinajstić information content (AvgIpc) is 2.65. The quantitative estimate of drug-likeness (QED) is 0.708. The van der Waals surface area contributed by atoms with Crippen molar-refractivity contribution >= 4 is 6.29 Å². The van der Waals surface area contributed by atoms with Crippen molar-refractivity contribution in [3.63, 3.8) is 0 Å². The van der Waals surface area contributed by atoms with Crippen LogP contribution in [0.4, 0.5) is 0 Å². The molecule has 1 heterocycles. The number of aldehydes is 1. The molecule has 0 radical (unpaired) electrons. The lowest BCUT2D eigenvalue weighted by Gasteiger charge is -2.07. The van der Waals surface area contributed by atoms with Gasteiger partial charge in [-0.2, -0.15) is 0 Å². The third-order valence-electron chi connectivity index (χ3n) is 2.52. The molecule has 0 bridgehead atoms. The Bertz CT molecular complexity index is 360. The minimum atomic E-state index is 0.308. The number of benzene rings is 1. The minimum Gasteiger partial charge on any atom is -0.454 e. The van der Waals surface area contributed by atoms with E-state index in [1.807, 2.05) is 18.2 Å². The number of hydrogen-bond donors (Lipinski definition) is 0. The fraction of sp³-hybridized carbons (Fsp3) is 0.417. The van der Waals surface area contributed by atoms with Gasteiger partial charge in [-0.05, 0) is 30.0 Å². The second kappa shape index (κ2) is 4.34. The zero-order valence-corrected chi connectivity index (χ0v) is 8.73. The van der Waals surface area contributed by atoms with E-state index in [4.69, 9.17) is 9.47 Å². The van der Waals surface area contributed by atoms with Crippen LogP contribution in [0.15, 0.2) is 18.2 Å². The van der Waals surface area contributed by atoms with Gasteiger partial charge in [0.2, 0.25) is 6.79 Å². The van der Waals surface area contributed by atoms with Gasteiger partial charge in [0.05, 0.1) is 0 Å². The summed E-state index contributed by atoms with van der Waals surface area (Å²) in [4.78, 5) is 10.3. The highest BCUT2D eigenvalue weighted by Gasteiger charge is 2.13. The van der Waals surface area contributed by atoms with Gasteiger partial charge in [-0.15, -0.1) is 0 Å². The van der Waals surface area contributed by atoms with Crippen molar-refractivity contribution in [1.82, 2.24) is 0 Å². The molecule has 1 aliphatic rings. The van der Waals surface area contributed by atoms with Crippen LogP contribution < -0.4 is 9.47 Å². The van der Waals surface area contributed by atoms with Crippen LogP contribution in [0, 0.1) is 5.92 Å². The summed E-state index contributed by atoms with van der Waals surface area (Å²) in [6.07, 6.45) is 2.47. The van der Waals surface area contributed by atoms with Gasteiger partial charge in [0.15, 0.2) is 11.5 Å². The summed E-state index contributed by atoms with van der Waals surface area (Å²) in [5.74, 6) is 2.00. The number of hydrogen-bond acceptors (Lipinski definition) is 3. The van der Waals surface area contributed by atoms with E-state index in [-0.39, 0.29) is 0 Å². The van der Waals surface area contributed by atoms with Gasteiger partial charge < -0.3 is 14.3 Å². The second-order valence-corrected chi connectivity index (χ2v) is 3.90. The Kier molecular flexibility index (Phi) is 2.90. The zero-order valence-electron chi connectivity index (χ0n) is 8.73. The number of fused-ring (bicyclic) bond motifs is 1. The molecule has 0 aromatic heterocycles. The van der Waals surface area contributed by atoms with Crippen LogP contribution in [0.25, 0.3) is 0 Å². The predicted octanol–water partition coefficient (Wildman–Crippen LogP) is 2.18. The van der Waals surface area contributed by atoms with Crippen LogP contribution in [0.2, 0.25) is 0 Å². The lowest BCUT2D eigenvalue weighted by molar-refractivity contribution is -0.108. The maximum absolute atomic E-state index is 10.3. The standard InChI is InChI=1S/C12H14O3/c1-9(4-5-13)6-10-2-3-11-12(7-10)15-8-14-11/h2-3,5,7,9H,4,6,8H2,1H3. The van der Waals surface area contributed by atoms with E-state index >= 15 is 0 Å². The number of rotatable bonds is 4. The molecule has 1 aromatic carbocycles. The summed E-state index contributed by atoms with van der Waals surface area (Å²) in [5.41, 5.74) is 1.19. The van der Waals surface area contributed by atoms with Gasteiger partial charge in [0.1, 0.15) is 6.29 Å². The van der Waals surface area contributed by atoms with Crippen molar-refractivity contribution in [2.75, 3.05) is 6.79 Å². The maximum atomic E-state index is 10.3. The number of carbonyl (C=O) groups is 1. The van der Waals surface area contributed by atoms with E-state index in [1.165, 1.54) is 5.56 Å². The van der Waals surface area contributed by atoms with Crippen LogP contribution in [-0.4, -0.2) is 13.1 Å². The van der Waals surface area contributed by atoms with Crippen molar-refractivity contribution in [2.24, 2.45) is 5.92 Å². The van der Waals surface area contributed by atoms with E-state index < -0.39 is 0 Å². The molecule has 0 amide bonds. The number of carbonyl (C=O) groups excluding carboxylic acids is 1. The maximum Gasteiger partial charge on any atom is 0.231 e. The summed E-state index contributed by atoms with van der Waals surface area (Å²) in [7, 11) is 0. The minimum absolute atomic E-state index is 0.308. The summed E-state index contributed by atoms with van der Waals surface area (Å²) >= 11 is 0. The summed E-state index contributed by atoms with van der Waals surface area (Å²) in [6, 6.07) is 5.93. The van der Waals surface area contributed by atoms with Gasteiger partial charge in [-0.1, -0.05) is 13.0 Å². The van der Waals surface area contributed by atoms with Crippen LogP contribution in [-0.2, 0) is 11.2 Å². The molecule has 3 nitrogen and oxygen atoms in total. The number of ether oxygens (including phenoxy) is 2. The van der Waals surface area contributed by atoms with Crippen molar-refractivity contribution in [1.29, 1.82) is 0 Å². The third-order valence-corrected chi connectivity index (χ3v) is 2.52. The molecule has 1 atom stereocenters. The first-order valence-corrected chi connectivity index (χ1v) is 5.11. The molecule has 2 rings (SSSR count). The smallest absolute Gasteiger partial charge is 0.231 e. The fourth-order valence-electron chi connectivity index (χ4n) is 1.72. The van der Waals surface area contributed by atoms with E-state index in [0.29, 0.717) is 19.1 Å². The normalized spacial score (nSPS) is 15.0. The summed E-state index contributed by atoms with van der Waals surface area (Å²) < 4.78 is 10.5. The van der Waals surface area contributed by atoms with Crippen LogP contribution in [0.5, 0.6) is 11.5 Å². The SMILES string of the molecule is CC(CC=O)Cc1ccc2c(c1)OCO2. The molecule has 0 saturated heterocycles. The third kappa shape index (κ3) is 2.29. The highest BCUT2D eigenvalue weighted by molar-refractivity contribution is 5.50. The van der Waals surface area contributed by atoms with Crippen molar-refractivity contribution in [3.8, 4) is 11.5 Å². The lowest BCUT2D eigenvalue weighted by Crippen LogP contribution is -2.00. The molecule has 1 aliphatic heterocycles. The Labute approximate surface area is 89.0 Å². The first-order valence-electron chi connectivity index (χ1n) is 5.11. The van der Waals surface area contributed by atoms with E-state index in [9.17, 15) is 4.79 Å². The van der Waals surface area contributed by atoms with Crippen molar-refractivity contribution < 1.29 is 14.3 Å². The van der Waals surface area contributed by atoms with Crippen molar-refractivity contribution in [2.45, 2.75) is 19.8 Å². The van der Waals surface area contributed by atoms with Crippen LogP contribution in [0.1, 0.15) is 18.9 Å². The van der Waals surface area contributed by atoms with Gasteiger partial charge in [-0.3, -0.25) is 0 Å². The van der Waals surface area contributed by atoms with Crippen LogP contribution >= 0.6 is 0 Å². The Morgan fingerprint density at radius 3 is 3.00 bits per heavy atom. The highest BCUT2D eigenvalue weighted by atomic mass is 16.7. The average molecular weight is 206 g/mol. The molecule has 0 spiro atoms. The fourth-order valence-corrected chi connectivity index (χ4v) is 1.72. The van der Waals surface area contributed by atoms with Crippen LogP contribution in [0.3, 0.4) is 0 Å². The molecular weight excluding hydrogens is 192 g/mol. The second-order valence-electron chi connectivity index (χ2n) is 3.90. The Hall–Kier alpha value is -1.51. The molecular formula is C12H14O3.